The van der Waals surface area contributed by atoms with Crippen molar-refractivity contribution in [1.82, 2.24) is 10.3 Å². The second kappa shape index (κ2) is 9.71. The average Bonchev–Trinajstić information content (AvgIpc) is 2.53. The maximum Gasteiger partial charge on any atom is 0.287 e. The van der Waals surface area contributed by atoms with Crippen LogP contribution >= 0.6 is 21.6 Å². The summed E-state index contributed by atoms with van der Waals surface area (Å²) in [6.07, 6.45) is -0.862. The van der Waals surface area contributed by atoms with Crippen LogP contribution in [0.3, 0.4) is 0 Å². The highest BCUT2D eigenvalue weighted by atomic mass is 33.1. The lowest BCUT2D eigenvalue weighted by Crippen LogP contribution is -2.41. The largest absolute Gasteiger partial charge is 0.391 e. The van der Waals surface area contributed by atoms with Crippen LogP contribution in [0.15, 0.2) is 23.4 Å². The number of amides is 1. The smallest absolute Gasteiger partial charge is 0.287 e. The molecule has 128 valence electrons. The van der Waals surface area contributed by atoms with E-state index in [1.807, 2.05) is 0 Å². The number of rotatable bonds is 9. The summed E-state index contributed by atoms with van der Waals surface area (Å²) >= 11 is 0. The van der Waals surface area contributed by atoms with Crippen molar-refractivity contribution < 1.29 is 19.9 Å². The fourth-order valence-electron chi connectivity index (χ4n) is 1.58. The minimum atomic E-state index is -1.10. The number of aliphatic hydroxyl groups excluding tert-OH is 2. The van der Waals surface area contributed by atoms with Crippen LogP contribution in [0.4, 0.5) is 5.69 Å². The van der Waals surface area contributed by atoms with E-state index in [2.05, 4.69) is 10.3 Å². The summed E-state index contributed by atoms with van der Waals surface area (Å²) in [5.74, 6) is -0.409. The molecular formula is C13H19N3O5S2. The molecule has 0 aliphatic carbocycles. The van der Waals surface area contributed by atoms with Gasteiger partial charge in [-0.25, -0.2) is 4.98 Å². The van der Waals surface area contributed by atoms with Gasteiger partial charge in [-0.1, -0.05) is 17.7 Å². The molecule has 3 N–H and O–H groups in total. The molecule has 0 aromatic carbocycles. The lowest BCUT2D eigenvalue weighted by Gasteiger charge is -2.20. The van der Waals surface area contributed by atoms with E-state index in [1.165, 1.54) is 40.8 Å². The fourth-order valence-corrected chi connectivity index (χ4v) is 3.35. The minimum absolute atomic E-state index is 0.0581. The van der Waals surface area contributed by atoms with Crippen LogP contribution in [0.1, 0.15) is 13.8 Å². The van der Waals surface area contributed by atoms with E-state index < -0.39 is 23.0 Å². The number of aliphatic hydroxyl groups is 2. The van der Waals surface area contributed by atoms with Crippen LogP contribution in [-0.4, -0.2) is 50.5 Å². The molecule has 1 aromatic heterocycles. The highest BCUT2D eigenvalue weighted by Crippen LogP contribution is 2.29. The van der Waals surface area contributed by atoms with Crippen LogP contribution in [0.2, 0.25) is 0 Å². The van der Waals surface area contributed by atoms with Crippen molar-refractivity contribution in [2.24, 2.45) is 5.92 Å². The molecule has 1 aromatic rings. The first kappa shape index (κ1) is 19.7. The molecule has 1 amide bonds. The number of pyridine rings is 1. The number of nitrogens with one attached hydrogen (secondary N) is 1. The van der Waals surface area contributed by atoms with Gasteiger partial charge < -0.3 is 15.5 Å². The molecule has 0 saturated heterocycles. The van der Waals surface area contributed by atoms with Gasteiger partial charge in [-0.3, -0.25) is 14.9 Å². The molecule has 0 radical (unpaired) electrons. The van der Waals surface area contributed by atoms with E-state index in [4.69, 9.17) is 0 Å². The van der Waals surface area contributed by atoms with Gasteiger partial charge in [0.1, 0.15) is 11.2 Å². The van der Waals surface area contributed by atoms with E-state index in [9.17, 15) is 25.1 Å². The predicted molar refractivity (Wildman–Crippen MR) is 89.1 cm³/mol. The molecular weight excluding hydrogens is 342 g/mol. The number of carbonyl (C=O) groups is 1. The Morgan fingerprint density at radius 2 is 2.13 bits per heavy atom. The molecule has 0 unspecified atom stereocenters. The lowest BCUT2D eigenvalue weighted by molar-refractivity contribution is -0.385. The van der Waals surface area contributed by atoms with Gasteiger partial charge in [-0.2, -0.15) is 0 Å². The van der Waals surface area contributed by atoms with Crippen LogP contribution < -0.4 is 5.32 Å². The minimum Gasteiger partial charge on any atom is -0.391 e. The number of hydrogen-bond acceptors (Lipinski definition) is 8. The second-order valence-corrected chi connectivity index (χ2v) is 7.26. The summed E-state index contributed by atoms with van der Waals surface area (Å²) < 4.78 is 0. The van der Waals surface area contributed by atoms with Gasteiger partial charge >= 0.3 is 0 Å². The first-order valence-corrected chi connectivity index (χ1v) is 9.18. The zero-order valence-corrected chi connectivity index (χ0v) is 14.3. The van der Waals surface area contributed by atoms with Crippen molar-refractivity contribution in [3.05, 3.63) is 28.4 Å². The molecule has 3 atom stereocenters. The molecule has 0 fully saturated rings. The van der Waals surface area contributed by atoms with E-state index in [1.54, 1.807) is 13.0 Å². The molecule has 8 nitrogen and oxygen atoms in total. The number of aromatic nitrogens is 1. The van der Waals surface area contributed by atoms with Crippen LogP contribution in [0.25, 0.3) is 0 Å². The van der Waals surface area contributed by atoms with E-state index >= 15 is 0 Å². The molecule has 0 aliphatic rings. The van der Waals surface area contributed by atoms with Crippen LogP contribution in [0, 0.1) is 16.0 Å². The van der Waals surface area contributed by atoms with Crippen LogP contribution in [0.5, 0.6) is 0 Å². The summed E-state index contributed by atoms with van der Waals surface area (Å²) in [6.45, 7) is 3.38. The number of hydrogen-bond donors (Lipinski definition) is 3. The van der Waals surface area contributed by atoms with E-state index in [-0.39, 0.29) is 11.6 Å². The van der Waals surface area contributed by atoms with Crippen LogP contribution in [-0.2, 0) is 4.79 Å². The van der Waals surface area contributed by atoms with Crippen molar-refractivity contribution in [3.63, 3.8) is 0 Å². The van der Waals surface area contributed by atoms with Crippen molar-refractivity contribution in [2.75, 3.05) is 12.3 Å². The van der Waals surface area contributed by atoms with Gasteiger partial charge in [0, 0.05) is 18.4 Å². The van der Waals surface area contributed by atoms with Gasteiger partial charge in [-0.15, -0.1) is 0 Å². The summed E-state index contributed by atoms with van der Waals surface area (Å²) in [4.78, 5) is 25.7. The fraction of sp³-hybridized carbons (Fsp3) is 0.538. The SMILES string of the molecule is C[C@H](O)[C@H](O)[C@@H](C)C(=O)NCCSSc1ccc([N+](=O)[O-])cn1. The summed E-state index contributed by atoms with van der Waals surface area (Å²) in [7, 11) is 2.80. The van der Waals surface area contributed by atoms with Gasteiger partial charge in [0.25, 0.3) is 5.69 Å². The van der Waals surface area contributed by atoms with Crippen molar-refractivity contribution >= 4 is 33.2 Å². The molecule has 23 heavy (non-hydrogen) atoms. The van der Waals surface area contributed by atoms with Gasteiger partial charge in [-0.05, 0) is 23.8 Å². The predicted octanol–water partition coefficient (Wildman–Crippen LogP) is 1.22. The number of nitrogens with zero attached hydrogens (tertiary/aromatic N) is 2. The molecule has 0 saturated carbocycles. The van der Waals surface area contributed by atoms with Crippen molar-refractivity contribution in [2.45, 2.75) is 31.1 Å². The van der Waals surface area contributed by atoms with Gasteiger partial charge in [0.05, 0.1) is 23.0 Å². The molecule has 0 aliphatic heterocycles. The van der Waals surface area contributed by atoms with Gasteiger partial charge in [0.15, 0.2) is 0 Å². The third-order valence-electron chi connectivity index (χ3n) is 2.98. The topological polar surface area (TPSA) is 126 Å². The summed E-state index contributed by atoms with van der Waals surface area (Å²) in [5, 5.41) is 32.7. The Morgan fingerprint density at radius 1 is 1.43 bits per heavy atom. The Kier molecular flexibility index (Phi) is 8.31. The zero-order valence-electron chi connectivity index (χ0n) is 12.7. The molecule has 10 heteroatoms. The quantitative estimate of drug-likeness (QED) is 0.259. The molecule has 1 rings (SSSR count). The number of carbonyl (C=O) groups excluding carboxylic acids is 1. The maximum absolute atomic E-state index is 11.7. The third kappa shape index (κ3) is 6.73. The monoisotopic (exact) mass is 361 g/mol. The Bertz CT molecular complexity index is 527. The Labute approximate surface area is 141 Å². The maximum atomic E-state index is 11.7. The van der Waals surface area contributed by atoms with E-state index in [0.29, 0.717) is 17.3 Å². The Morgan fingerprint density at radius 3 is 2.65 bits per heavy atom. The molecule has 0 spiro atoms. The summed E-state index contributed by atoms with van der Waals surface area (Å²) in [6, 6.07) is 2.95. The van der Waals surface area contributed by atoms with E-state index in [0.717, 1.165) is 0 Å². The van der Waals surface area contributed by atoms with Crippen molar-refractivity contribution in [1.29, 1.82) is 0 Å². The first-order chi connectivity index (χ1) is 10.8. The highest BCUT2D eigenvalue weighted by Gasteiger charge is 2.25. The highest BCUT2D eigenvalue weighted by molar-refractivity contribution is 8.76. The average molecular weight is 361 g/mol. The first-order valence-electron chi connectivity index (χ1n) is 6.86. The Hall–Kier alpha value is -1.36. The lowest BCUT2D eigenvalue weighted by atomic mass is 10.00. The number of nitro groups is 1. The second-order valence-electron chi connectivity index (χ2n) is 4.83. The standard InChI is InChI=1S/C13H19N3O5S2/c1-8(12(18)9(2)17)13(19)14-5-6-22-23-11-4-3-10(7-15-11)16(20)21/h3-4,7-9,12,17-18H,5-6H2,1-2H3,(H,14,19)/t8-,9+,12-/m1/s1. The summed E-state index contributed by atoms with van der Waals surface area (Å²) in [5.41, 5.74) is -0.0581. The molecule has 1 heterocycles. The molecule has 0 bridgehead atoms. The normalized spacial score (nSPS) is 14.8. The third-order valence-corrected chi connectivity index (χ3v) is 5.25. The Balaban J connectivity index is 2.25. The van der Waals surface area contributed by atoms with Gasteiger partial charge in [0.2, 0.25) is 5.91 Å². The zero-order chi connectivity index (χ0) is 17.4. The van der Waals surface area contributed by atoms with Crippen molar-refractivity contribution in [3.8, 4) is 0 Å².